The van der Waals surface area contributed by atoms with Gasteiger partial charge in [-0.05, 0) is 50.2 Å². The lowest BCUT2D eigenvalue weighted by atomic mass is 10.2. The van der Waals surface area contributed by atoms with Crippen molar-refractivity contribution in [1.29, 1.82) is 0 Å². The van der Waals surface area contributed by atoms with Gasteiger partial charge < -0.3 is 14.8 Å². The van der Waals surface area contributed by atoms with Gasteiger partial charge in [0.2, 0.25) is 0 Å². The van der Waals surface area contributed by atoms with Crippen LogP contribution in [-0.4, -0.2) is 47.7 Å². The van der Waals surface area contributed by atoms with Crippen molar-refractivity contribution in [2.75, 3.05) is 31.7 Å². The first-order valence-electron chi connectivity index (χ1n) is 8.81. The summed E-state index contributed by atoms with van der Waals surface area (Å²) in [5.41, 5.74) is 1.48. The van der Waals surface area contributed by atoms with E-state index in [1.165, 1.54) is 11.4 Å². The average molecular weight is 407 g/mol. The van der Waals surface area contributed by atoms with E-state index in [-0.39, 0.29) is 23.5 Å². The number of aryl methyl sites for hydroxylation is 1. The van der Waals surface area contributed by atoms with Gasteiger partial charge in [0.05, 0.1) is 17.2 Å². The summed E-state index contributed by atoms with van der Waals surface area (Å²) >= 11 is 0. The normalized spacial score (nSPS) is 12.3. The first kappa shape index (κ1) is 21.7. The minimum Gasteiger partial charge on any atom is -0.484 e. The van der Waals surface area contributed by atoms with Crippen molar-refractivity contribution in [2.45, 2.75) is 24.8 Å². The van der Waals surface area contributed by atoms with Crippen LogP contribution >= 0.6 is 0 Å². The number of carbonyl (C=O) groups is 1. The summed E-state index contributed by atoms with van der Waals surface area (Å²) in [5, 5.41) is 2.75. The van der Waals surface area contributed by atoms with Crippen molar-refractivity contribution in [3.63, 3.8) is 0 Å². The molecule has 0 bridgehead atoms. The summed E-state index contributed by atoms with van der Waals surface area (Å²) in [6.45, 7) is 4.02. The van der Waals surface area contributed by atoms with Crippen molar-refractivity contribution >= 4 is 21.6 Å². The number of carbonyl (C=O) groups excluding carboxylic acids is 1. The summed E-state index contributed by atoms with van der Waals surface area (Å²) in [7, 11) is -0.588. The number of nitrogens with zero attached hydrogens (tertiary/aromatic N) is 1. The molecule has 1 amide bonds. The van der Waals surface area contributed by atoms with E-state index in [0.29, 0.717) is 18.0 Å². The summed E-state index contributed by atoms with van der Waals surface area (Å²) in [5.74, 6) is 0.215. The fourth-order valence-electron chi connectivity index (χ4n) is 2.52. The molecule has 1 atom stereocenters. The van der Waals surface area contributed by atoms with Gasteiger partial charge in [-0.15, -0.1) is 0 Å². The van der Waals surface area contributed by atoms with Crippen LogP contribution in [0.4, 0.5) is 5.69 Å². The van der Waals surface area contributed by atoms with Crippen LogP contribution in [0.2, 0.25) is 0 Å². The van der Waals surface area contributed by atoms with E-state index in [0.717, 1.165) is 5.56 Å². The van der Waals surface area contributed by atoms with Gasteiger partial charge in [-0.3, -0.25) is 9.10 Å². The molecule has 2 aromatic rings. The predicted molar refractivity (Wildman–Crippen MR) is 108 cm³/mol. The van der Waals surface area contributed by atoms with Gasteiger partial charge in [-0.2, -0.15) is 0 Å². The monoisotopic (exact) mass is 406 g/mol. The number of sulfonamides is 1. The fourth-order valence-corrected chi connectivity index (χ4v) is 3.71. The number of anilines is 1. The predicted octanol–water partition coefficient (Wildman–Crippen LogP) is 2.35. The molecule has 2 aromatic carbocycles. The molecule has 7 nitrogen and oxygen atoms in total. The molecule has 8 heteroatoms. The average Bonchev–Trinajstić information content (AvgIpc) is 2.66. The highest BCUT2D eigenvalue weighted by atomic mass is 32.2. The van der Waals surface area contributed by atoms with Crippen LogP contribution in [0.3, 0.4) is 0 Å². The molecule has 0 aliphatic carbocycles. The van der Waals surface area contributed by atoms with Crippen LogP contribution in [0, 0.1) is 6.92 Å². The zero-order chi connectivity index (χ0) is 20.7. The molecule has 0 aromatic heterocycles. The molecule has 0 fully saturated rings. The van der Waals surface area contributed by atoms with Crippen molar-refractivity contribution in [2.24, 2.45) is 0 Å². The summed E-state index contributed by atoms with van der Waals surface area (Å²) in [6.07, 6.45) is 0. The maximum Gasteiger partial charge on any atom is 0.264 e. The standard InChI is InChI=1S/C20H26N2O5S/c1-15-5-11-19(12-6-15)28(24,25)22(3)17-7-9-18(10-8-17)27-14-20(23)21-16(2)13-26-4/h5-12,16H,13-14H2,1-4H3,(H,21,23)/t16-/m0/s1. The van der Waals surface area contributed by atoms with E-state index in [2.05, 4.69) is 5.32 Å². The second kappa shape index (κ2) is 9.57. The Morgan fingerprint density at radius 1 is 1.11 bits per heavy atom. The van der Waals surface area contributed by atoms with Gasteiger partial charge in [0, 0.05) is 20.2 Å². The van der Waals surface area contributed by atoms with Crippen LogP contribution < -0.4 is 14.4 Å². The number of amides is 1. The van der Waals surface area contributed by atoms with Gasteiger partial charge in [0.25, 0.3) is 15.9 Å². The van der Waals surface area contributed by atoms with Crippen molar-refractivity contribution in [3.8, 4) is 5.75 Å². The van der Waals surface area contributed by atoms with Gasteiger partial charge >= 0.3 is 0 Å². The van der Waals surface area contributed by atoms with E-state index in [9.17, 15) is 13.2 Å². The highest BCUT2D eigenvalue weighted by Gasteiger charge is 2.21. The number of benzene rings is 2. The van der Waals surface area contributed by atoms with Crippen LogP contribution in [0.1, 0.15) is 12.5 Å². The Kier molecular flexibility index (Phi) is 7.42. The molecule has 152 valence electrons. The smallest absolute Gasteiger partial charge is 0.264 e. The lowest BCUT2D eigenvalue weighted by molar-refractivity contribution is -0.124. The lowest BCUT2D eigenvalue weighted by Gasteiger charge is -2.20. The third-order valence-electron chi connectivity index (χ3n) is 4.07. The van der Waals surface area contributed by atoms with Crippen LogP contribution in [-0.2, 0) is 19.6 Å². The zero-order valence-electron chi connectivity index (χ0n) is 16.5. The maximum absolute atomic E-state index is 12.7. The van der Waals surface area contributed by atoms with Crippen LogP contribution in [0.5, 0.6) is 5.75 Å². The zero-order valence-corrected chi connectivity index (χ0v) is 17.3. The minimum absolute atomic E-state index is 0.107. The molecule has 0 unspecified atom stereocenters. The molecular formula is C20H26N2O5S. The maximum atomic E-state index is 12.7. The minimum atomic E-state index is -3.65. The number of rotatable bonds is 9. The van der Waals surface area contributed by atoms with Gasteiger partial charge in [-0.1, -0.05) is 17.7 Å². The van der Waals surface area contributed by atoms with Crippen molar-refractivity contribution in [1.82, 2.24) is 5.32 Å². The third kappa shape index (κ3) is 5.71. The van der Waals surface area contributed by atoms with Gasteiger partial charge in [0.1, 0.15) is 5.75 Å². The second-order valence-electron chi connectivity index (χ2n) is 6.49. The summed E-state index contributed by atoms with van der Waals surface area (Å²) in [6, 6.07) is 13.1. The van der Waals surface area contributed by atoms with E-state index in [1.54, 1.807) is 55.6 Å². The summed E-state index contributed by atoms with van der Waals surface area (Å²) in [4.78, 5) is 12.0. The number of nitrogens with one attached hydrogen (secondary N) is 1. The first-order chi connectivity index (χ1) is 13.2. The highest BCUT2D eigenvalue weighted by Crippen LogP contribution is 2.24. The molecule has 1 N–H and O–H groups in total. The topological polar surface area (TPSA) is 84.9 Å². The Labute approximate surface area is 166 Å². The molecule has 0 aliphatic heterocycles. The lowest BCUT2D eigenvalue weighted by Crippen LogP contribution is -2.38. The Morgan fingerprint density at radius 2 is 1.71 bits per heavy atom. The molecule has 0 heterocycles. The molecule has 0 spiro atoms. The van der Waals surface area contributed by atoms with Gasteiger partial charge in [-0.25, -0.2) is 8.42 Å². The fraction of sp³-hybridized carbons (Fsp3) is 0.350. The van der Waals surface area contributed by atoms with Crippen molar-refractivity contribution in [3.05, 3.63) is 54.1 Å². The largest absolute Gasteiger partial charge is 0.484 e. The Morgan fingerprint density at radius 3 is 2.29 bits per heavy atom. The van der Waals surface area contributed by atoms with E-state index in [1.807, 2.05) is 13.8 Å². The number of hydrogen-bond donors (Lipinski definition) is 1. The third-order valence-corrected chi connectivity index (χ3v) is 5.87. The molecule has 0 aliphatic rings. The van der Waals surface area contributed by atoms with E-state index < -0.39 is 10.0 Å². The van der Waals surface area contributed by atoms with E-state index >= 15 is 0 Å². The molecular weight excluding hydrogens is 380 g/mol. The molecule has 28 heavy (non-hydrogen) atoms. The van der Waals surface area contributed by atoms with Crippen LogP contribution in [0.15, 0.2) is 53.4 Å². The SMILES string of the molecule is COC[C@H](C)NC(=O)COc1ccc(N(C)S(=O)(=O)c2ccc(C)cc2)cc1. The number of hydrogen-bond acceptors (Lipinski definition) is 5. The van der Waals surface area contributed by atoms with Crippen LogP contribution in [0.25, 0.3) is 0 Å². The number of methoxy groups -OCH3 is 1. The molecule has 0 radical (unpaired) electrons. The Balaban J connectivity index is 1.99. The highest BCUT2D eigenvalue weighted by molar-refractivity contribution is 7.92. The molecule has 0 saturated carbocycles. The second-order valence-corrected chi connectivity index (χ2v) is 8.46. The molecule has 2 rings (SSSR count). The number of ether oxygens (including phenoxy) is 2. The Bertz CT molecular complexity index is 880. The van der Waals surface area contributed by atoms with Crippen molar-refractivity contribution < 1.29 is 22.7 Å². The quantitative estimate of drug-likeness (QED) is 0.691. The molecule has 0 saturated heterocycles. The Hall–Kier alpha value is -2.58. The van der Waals surface area contributed by atoms with Gasteiger partial charge in [0.15, 0.2) is 6.61 Å². The summed E-state index contributed by atoms with van der Waals surface area (Å²) < 4.78 is 37.1. The first-order valence-corrected chi connectivity index (χ1v) is 10.2. The van der Waals surface area contributed by atoms with E-state index in [4.69, 9.17) is 9.47 Å².